The summed E-state index contributed by atoms with van der Waals surface area (Å²) in [5, 5.41) is 15.7. The van der Waals surface area contributed by atoms with Gasteiger partial charge >= 0.3 is 6.18 Å². The number of amides is 1. The Morgan fingerprint density at radius 1 is 1.32 bits per heavy atom. The van der Waals surface area contributed by atoms with E-state index in [9.17, 15) is 23.2 Å². The summed E-state index contributed by atoms with van der Waals surface area (Å²) in [6.45, 7) is 0. The normalized spacial score (nSPS) is 11.2. The molecule has 0 aromatic carbocycles. The van der Waals surface area contributed by atoms with E-state index in [1.165, 1.54) is 22.7 Å². The number of nitrogens with one attached hydrogen (secondary N) is 1. The van der Waals surface area contributed by atoms with E-state index in [0.717, 1.165) is 17.8 Å². The molecule has 0 bridgehead atoms. The summed E-state index contributed by atoms with van der Waals surface area (Å²) in [6, 6.07) is 5.87. The molecule has 0 spiro atoms. The van der Waals surface area contributed by atoms with Crippen molar-refractivity contribution >= 4 is 45.5 Å². The largest absolute Gasteiger partial charge is 0.417 e. The van der Waals surface area contributed by atoms with E-state index < -0.39 is 17.3 Å². The average molecular weight is 440 g/mol. The molecular weight excluding hydrogens is 429 g/mol. The highest BCUT2D eigenvalue weighted by atomic mass is 32.2. The van der Waals surface area contributed by atoms with Gasteiger partial charge in [0.25, 0.3) is 0 Å². The Balaban J connectivity index is 1.81. The lowest BCUT2D eigenvalue weighted by atomic mass is 10.1. The first kappa shape index (κ1) is 20.3. The van der Waals surface area contributed by atoms with E-state index in [1.807, 2.05) is 0 Å². The van der Waals surface area contributed by atoms with Crippen molar-refractivity contribution in [3.8, 4) is 16.6 Å². The summed E-state index contributed by atoms with van der Waals surface area (Å²) in [5.41, 5.74) is -1.41. The molecule has 0 unspecified atom stereocenters. The first-order chi connectivity index (χ1) is 13.4. The number of rotatable bonds is 6. The Morgan fingerprint density at radius 2 is 2.14 bits per heavy atom. The molecule has 3 heterocycles. The van der Waals surface area contributed by atoms with E-state index in [1.54, 1.807) is 35.2 Å². The highest BCUT2D eigenvalue weighted by Gasteiger charge is 2.36. The summed E-state index contributed by atoms with van der Waals surface area (Å²) >= 11 is 3.47. The van der Waals surface area contributed by atoms with Crippen LogP contribution in [0.3, 0.4) is 0 Å². The zero-order valence-corrected chi connectivity index (χ0v) is 16.4. The van der Waals surface area contributed by atoms with Crippen LogP contribution in [0.15, 0.2) is 40.2 Å². The molecule has 3 aromatic heterocycles. The van der Waals surface area contributed by atoms with E-state index in [-0.39, 0.29) is 28.8 Å². The van der Waals surface area contributed by atoms with Crippen molar-refractivity contribution in [1.82, 2.24) is 9.97 Å². The van der Waals surface area contributed by atoms with Crippen molar-refractivity contribution in [2.45, 2.75) is 17.6 Å². The van der Waals surface area contributed by atoms with Crippen LogP contribution >= 0.6 is 34.4 Å². The van der Waals surface area contributed by atoms with Gasteiger partial charge in [-0.1, -0.05) is 6.07 Å². The molecular formula is C17H11F3N4OS3. The van der Waals surface area contributed by atoms with Crippen LogP contribution in [0.2, 0.25) is 0 Å². The topological polar surface area (TPSA) is 78.7 Å². The molecule has 5 nitrogen and oxygen atoms in total. The van der Waals surface area contributed by atoms with Crippen molar-refractivity contribution in [3.63, 3.8) is 0 Å². The average Bonchev–Trinajstić information content (AvgIpc) is 3.34. The number of carbonyl (C=O) groups is 1. The molecule has 3 aromatic rings. The number of nitrogens with zero attached hydrogens (tertiary/aromatic N) is 3. The molecule has 28 heavy (non-hydrogen) atoms. The minimum Gasteiger partial charge on any atom is -0.302 e. The fraction of sp³-hybridized carbons (Fsp3) is 0.176. The van der Waals surface area contributed by atoms with Gasteiger partial charge in [0.1, 0.15) is 11.1 Å². The van der Waals surface area contributed by atoms with Crippen molar-refractivity contribution in [3.05, 3.63) is 46.3 Å². The number of aromatic nitrogens is 2. The minimum absolute atomic E-state index is 0.0391. The summed E-state index contributed by atoms with van der Waals surface area (Å²) in [5.74, 6) is -0.143. The molecule has 0 atom stereocenters. The van der Waals surface area contributed by atoms with Crippen LogP contribution in [0.1, 0.15) is 17.5 Å². The Bertz CT molecular complexity index is 996. The third-order valence-electron chi connectivity index (χ3n) is 3.42. The van der Waals surface area contributed by atoms with Crippen molar-refractivity contribution < 1.29 is 18.0 Å². The lowest BCUT2D eigenvalue weighted by Crippen LogP contribution is -2.13. The van der Waals surface area contributed by atoms with E-state index in [4.69, 9.17) is 0 Å². The predicted molar refractivity (Wildman–Crippen MR) is 103 cm³/mol. The molecule has 0 aliphatic carbocycles. The SMILES string of the molecule is N#Cc1c(C(F)(F)F)cc(-c2cccs2)nc1SCCC(=O)Nc1nccs1. The van der Waals surface area contributed by atoms with Crippen molar-refractivity contribution in [2.24, 2.45) is 0 Å². The fourth-order valence-electron chi connectivity index (χ4n) is 2.22. The summed E-state index contributed by atoms with van der Waals surface area (Å²) in [6.07, 6.45) is -3.09. The number of hydrogen-bond acceptors (Lipinski definition) is 7. The third-order valence-corrected chi connectivity index (χ3v) is 5.98. The Hall–Kier alpha value is -2.42. The Labute approximate surface area is 170 Å². The first-order valence-corrected chi connectivity index (χ1v) is 10.5. The van der Waals surface area contributed by atoms with Gasteiger partial charge in [-0.15, -0.1) is 34.4 Å². The predicted octanol–water partition coefficient (Wildman–Crippen LogP) is 5.28. The number of carbonyl (C=O) groups excluding carboxylic acids is 1. The molecule has 0 radical (unpaired) electrons. The van der Waals surface area contributed by atoms with Crippen LogP contribution in [0.5, 0.6) is 0 Å². The highest BCUT2D eigenvalue weighted by Crippen LogP contribution is 2.38. The molecule has 144 valence electrons. The number of thiazole rings is 1. The second kappa shape index (κ2) is 8.72. The highest BCUT2D eigenvalue weighted by molar-refractivity contribution is 7.99. The van der Waals surface area contributed by atoms with Gasteiger partial charge in [0.15, 0.2) is 5.13 Å². The zero-order valence-electron chi connectivity index (χ0n) is 14.0. The van der Waals surface area contributed by atoms with Crippen molar-refractivity contribution in [1.29, 1.82) is 5.26 Å². The van der Waals surface area contributed by atoms with Crippen LogP contribution in [0.4, 0.5) is 18.3 Å². The van der Waals surface area contributed by atoms with Gasteiger partial charge in [-0.25, -0.2) is 9.97 Å². The standard InChI is InChI=1S/C17H11F3N4OS3/c18-17(19,20)11-8-12(13-2-1-5-26-13)23-15(10(11)9-21)27-6-3-14(25)24-16-22-4-7-28-16/h1-2,4-5,7-8H,3,6H2,(H,22,24,25). The van der Waals surface area contributed by atoms with Gasteiger partial charge < -0.3 is 5.32 Å². The number of pyridine rings is 1. The molecule has 11 heteroatoms. The molecule has 0 aliphatic heterocycles. The maximum atomic E-state index is 13.4. The number of anilines is 1. The number of thiophene rings is 1. The summed E-state index contributed by atoms with van der Waals surface area (Å²) in [7, 11) is 0. The molecule has 0 aliphatic rings. The lowest BCUT2D eigenvalue weighted by molar-refractivity contribution is -0.138. The number of halogens is 3. The smallest absolute Gasteiger partial charge is 0.302 e. The fourth-order valence-corrected chi connectivity index (χ4v) is 4.39. The van der Waals surface area contributed by atoms with Crippen molar-refractivity contribution in [2.75, 3.05) is 11.1 Å². The van der Waals surface area contributed by atoms with Gasteiger partial charge in [-0.2, -0.15) is 18.4 Å². The van der Waals surface area contributed by atoms with Gasteiger partial charge in [-0.3, -0.25) is 4.79 Å². The monoisotopic (exact) mass is 440 g/mol. The number of nitriles is 1. The second-order valence-electron chi connectivity index (χ2n) is 5.31. The minimum atomic E-state index is -4.68. The Morgan fingerprint density at radius 3 is 2.75 bits per heavy atom. The molecule has 0 saturated carbocycles. The van der Waals surface area contributed by atoms with Gasteiger partial charge in [0.05, 0.1) is 21.7 Å². The van der Waals surface area contributed by atoms with Crippen LogP contribution in [0.25, 0.3) is 10.6 Å². The molecule has 1 amide bonds. The van der Waals surface area contributed by atoms with Gasteiger partial charge in [-0.05, 0) is 17.5 Å². The summed E-state index contributed by atoms with van der Waals surface area (Å²) in [4.78, 5) is 20.7. The zero-order chi connectivity index (χ0) is 20.1. The Kier molecular flexibility index (Phi) is 6.33. The molecule has 0 fully saturated rings. The van der Waals surface area contributed by atoms with Crippen LogP contribution < -0.4 is 5.32 Å². The van der Waals surface area contributed by atoms with Crippen LogP contribution in [-0.4, -0.2) is 21.6 Å². The third kappa shape index (κ3) is 4.89. The maximum Gasteiger partial charge on any atom is 0.417 e. The van der Waals surface area contributed by atoms with Crippen LogP contribution in [0, 0.1) is 11.3 Å². The van der Waals surface area contributed by atoms with E-state index in [0.29, 0.717) is 10.0 Å². The lowest BCUT2D eigenvalue weighted by Gasteiger charge is -2.13. The van der Waals surface area contributed by atoms with Crippen LogP contribution in [-0.2, 0) is 11.0 Å². The molecule has 0 saturated heterocycles. The number of thioether (sulfide) groups is 1. The van der Waals surface area contributed by atoms with E-state index in [2.05, 4.69) is 15.3 Å². The molecule has 1 N–H and O–H groups in total. The molecule has 3 rings (SSSR count). The first-order valence-electron chi connectivity index (χ1n) is 7.77. The number of alkyl halides is 3. The maximum absolute atomic E-state index is 13.4. The van der Waals surface area contributed by atoms with E-state index >= 15 is 0 Å². The quantitative estimate of drug-likeness (QED) is 0.528. The van der Waals surface area contributed by atoms with Gasteiger partial charge in [0.2, 0.25) is 5.91 Å². The second-order valence-corrected chi connectivity index (χ2v) is 8.23. The summed E-state index contributed by atoms with van der Waals surface area (Å²) < 4.78 is 40.3. The van der Waals surface area contributed by atoms with Gasteiger partial charge in [0, 0.05) is 23.8 Å². The number of hydrogen-bond donors (Lipinski definition) is 1.